The summed E-state index contributed by atoms with van der Waals surface area (Å²) in [6.45, 7) is 1.93. The third-order valence-corrected chi connectivity index (χ3v) is 3.17. The van der Waals surface area contributed by atoms with Gasteiger partial charge < -0.3 is 5.32 Å². The molecular weight excluding hydrogens is 278 g/mol. The van der Waals surface area contributed by atoms with Crippen molar-refractivity contribution in [2.45, 2.75) is 19.4 Å². The van der Waals surface area contributed by atoms with Crippen LogP contribution in [0.5, 0.6) is 0 Å². The lowest BCUT2D eigenvalue weighted by Crippen LogP contribution is -2.10. The van der Waals surface area contributed by atoms with Crippen LogP contribution in [-0.4, -0.2) is 4.92 Å². The van der Waals surface area contributed by atoms with Crippen molar-refractivity contribution in [3.05, 3.63) is 69.8 Å². The fourth-order valence-corrected chi connectivity index (χ4v) is 2.06. The molecule has 0 saturated carbocycles. The van der Waals surface area contributed by atoms with Crippen LogP contribution in [0.4, 0.5) is 20.2 Å². The van der Waals surface area contributed by atoms with Crippen molar-refractivity contribution in [1.82, 2.24) is 0 Å². The van der Waals surface area contributed by atoms with E-state index in [1.807, 2.05) is 6.92 Å². The zero-order chi connectivity index (χ0) is 15.4. The van der Waals surface area contributed by atoms with E-state index in [2.05, 4.69) is 5.32 Å². The van der Waals surface area contributed by atoms with Gasteiger partial charge in [-0.15, -0.1) is 0 Å². The summed E-state index contributed by atoms with van der Waals surface area (Å²) in [7, 11) is 0. The van der Waals surface area contributed by atoms with Gasteiger partial charge in [0, 0.05) is 17.8 Å². The molecule has 0 heterocycles. The third kappa shape index (κ3) is 3.53. The molecule has 1 atom stereocenters. The average Bonchev–Trinajstić information content (AvgIpc) is 2.45. The highest BCUT2D eigenvalue weighted by Crippen LogP contribution is 2.26. The minimum atomic E-state index is -0.890. The Kier molecular flexibility index (Phi) is 4.47. The molecule has 21 heavy (non-hydrogen) atoms. The molecule has 4 nitrogen and oxygen atoms in total. The highest BCUT2D eigenvalue weighted by atomic mass is 19.1. The molecule has 2 aromatic carbocycles. The Labute approximate surface area is 120 Å². The molecule has 0 aliphatic carbocycles. The van der Waals surface area contributed by atoms with Crippen LogP contribution in [0.1, 0.15) is 24.9 Å². The van der Waals surface area contributed by atoms with Gasteiger partial charge in [0.2, 0.25) is 5.82 Å². The SMILES string of the molecule is CCC(Nc1ccc([N+](=O)[O-])c(F)c1)c1ccc(F)cc1. The summed E-state index contributed by atoms with van der Waals surface area (Å²) in [5.41, 5.74) is 0.738. The first-order chi connectivity index (χ1) is 10.0. The first-order valence-electron chi connectivity index (χ1n) is 6.47. The summed E-state index contributed by atoms with van der Waals surface area (Å²) in [5.74, 6) is -1.21. The molecule has 0 saturated heterocycles. The lowest BCUT2D eigenvalue weighted by Gasteiger charge is -2.18. The maximum Gasteiger partial charge on any atom is 0.304 e. The van der Waals surface area contributed by atoms with E-state index in [1.54, 1.807) is 12.1 Å². The summed E-state index contributed by atoms with van der Waals surface area (Å²) in [5, 5.41) is 13.7. The van der Waals surface area contributed by atoms with Gasteiger partial charge in [-0.25, -0.2) is 4.39 Å². The quantitative estimate of drug-likeness (QED) is 0.655. The van der Waals surface area contributed by atoms with Crippen molar-refractivity contribution in [2.75, 3.05) is 5.32 Å². The van der Waals surface area contributed by atoms with E-state index in [-0.39, 0.29) is 11.9 Å². The molecule has 0 aliphatic heterocycles. The smallest absolute Gasteiger partial charge is 0.304 e. The fourth-order valence-electron chi connectivity index (χ4n) is 2.06. The Morgan fingerprint density at radius 2 is 1.86 bits per heavy atom. The van der Waals surface area contributed by atoms with Gasteiger partial charge in [-0.2, -0.15) is 4.39 Å². The van der Waals surface area contributed by atoms with Gasteiger partial charge in [-0.3, -0.25) is 10.1 Å². The van der Waals surface area contributed by atoms with Gasteiger partial charge in [-0.05, 0) is 30.2 Å². The highest BCUT2D eigenvalue weighted by molar-refractivity contribution is 5.51. The first kappa shape index (κ1) is 14.9. The molecule has 2 aromatic rings. The van der Waals surface area contributed by atoms with Crippen LogP contribution in [-0.2, 0) is 0 Å². The van der Waals surface area contributed by atoms with Gasteiger partial charge in [0.25, 0.3) is 0 Å². The topological polar surface area (TPSA) is 55.2 Å². The molecule has 0 bridgehead atoms. The van der Waals surface area contributed by atoms with Crippen LogP contribution in [0.2, 0.25) is 0 Å². The molecule has 0 fully saturated rings. The Morgan fingerprint density at radius 3 is 2.38 bits per heavy atom. The second-order valence-electron chi connectivity index (χ2n) is 4.58. The van der Waals surface area contributed by atoms with E-state index in [0.717, 1.165) is 17.7 Å². The summed E-state index contributed by atoms with van der Waals surface area (Å²) < 4.78 is 26.5. The number of nitrogens with zero attached hydrogens (tertiary/aromatic N) is 1. The number of halogens is 2. The number of anilines is 1. The average molecular weight is 292 g/mol. The number of benzene rings is 2. The van der Waals surface area contributed by atoms with Gasteiger partial charge >= 0.3 is 5.69 Å². The van der Waals surface area contributed by atoms with Gasteiger partial charge in [0.1, 0.15) is 5.82 Å². The zero-order valence-corrected chi connectivity index (χ0v) is 11.3. The molecule has 0 amide bonds. The largest absolute Gasteiger partial charge is 0.378 e. The first-order valence-corrected chi connectivity index (χ1v) is 6.47. The number of hydrogen-bond donors (Lipinski definition) is 1. The van der Waals surface area contributed by atoms with Crippen molar-refractivity contribution in [1.29, 1.82) is 0 Å². The number of nitro benzene ring substituents is 1. The Balaban J connectivity index is 2.20. The van der Waals surface area contributed by atoms with Crippen molar-refractivity contribution >= 4 is 11.4 Å². The van der Waals surface area contributed by atoms with Crippen LogP contribution in [0, 0.1) is 21.7 Å². The van der Waals surface area contributed by atoms with Crippen LogP contribution in [0.25, 0.3) is 0 Å². The molecule has 0 aliphatic rings. The molecule has 0 spiro atoms. The van der Waals surface area contributed by atoms with Gasteiger partial charge in [0.15, 0.2) is 0 Å². The van der Waals surface area contributed by atoms with Crippen molar-refractivity contribution in [2.24, 2.45) is 0 Å². The summed E-state index contributed by atoms with van der Waals surface area (Å²) in [6.07, 6.45) is 0.699. The molecule has 2 rings (SSSR count). The van der Waals surface area contributed by atoms with Crippen LogP contribution in [0.15, 0.2) is 42.5 Å². The minimum absolute atomic E-state index is 0.133. The lowest BCUT2D eigenvalue weighted by molar-refractivity contribution is -0.387. The van der Waals surface area contributed by atoms with E-state index >= 15 is 0 Å². The predicted octanol–water partition coefficient (Wildman–Crippen LogP) is 4.44. The number of rotatable bonds is 5. The van der Waals surface area contributed by atoms with Gasteiger partial charge in [0.05, 0.1) is 11.0 Å². The van der Waals surface area contributed by atoms with Crippen molar-refractivity contribution in [3.63, 3.8) is 0 Å². The number of nitrogens with one attached hydrogen (secondary N) is 1. The van der Waals surface area contributed by atoms with Crippen molar-refractivity contribution < 1.29 is 13.7 Å². The normalized spacial score (nSPS) is 12.0. The van der Waals surface area contributed by atoms with E-state index in [1.165, 1.54) is 18.2 Å². The molecule has 0 aromatic heterocycles. The molecule has 0 radical (unpaired) electrons. The molecule has 1 unspecified atom stereocenters. The zero-order valence-electron chi connectivity index (χ0n) is 11.3. The summed E-state index contributed by atoms with van der Waals surface area (Å²) in [4.78, 5) is 9.81. The van der Waals surface area contributed by atoms with E-state index < -0.39 is 16.4 Å². The minimum Gasteiger partial charge on any atom is -0.378 e. The highest BCUT2D eigenvalue weighted by Gasteiger charge is 2.15. The Bertz CT molecular complexity index is 645. The predicted molar refractivity (Wildman–Crippen MR) is 76.1 cm³/mol. The fraction of sp³-hybridized carbons (Fsp3) is 0.200. The summed E-state index contributed by atoms with van der Waals surface area (Å²) in [6, 6.07) is 9.54. The third-order valence-electron chi connectivity index (χ3n) is 3.17. The Hall–Kier alpha value is -2.50. The van der Waals surface area contributed by atoms with E-state index in [0.29, 0.717) is 12.1 Å². The standard InChI is InChI=1S/C15H14F2N2O2/c1-2-14(10-3-5-11(16)6-4-10)18-12-7-8-15(19(20)21)13(17)9-12/h3-9,14,18H,2H2,1H3. The lowest BCUT2D eigenvalue weighted by atomic mass is 10.0. The van der Waals surface area contributed by atoms with Crippen LogP contribution in [0.3, 0.4) is 0 Å². The van der Waals surface area contributed by atoms with E-state index in [4.69, 9.17) is 0 Å². The Morgan fingerprint density at radius 1 is 1.19 bits per heavy atom. The maximum absolute atomic E-state index is 13.6. The molecule has 1 N–H and O–H groups in total. The van der Waals surface area contributed by atoms with Crippen molar-refractivity contribution in [3.8, 4) is 0 Å². The number of hydrogen-bond acceptors (Lipinski definition) is 3. The maximum atomic E-state index is 13.6. The molecule has 110 valence electrons. The monoisotopic (exact) mass is 292 g/mol. The van der Waals surface area contributed by atoms with Crippen LogP contribution < -0.4 is 5.32 Å². The number of nitro groups is 1. The molecule has 6 heteroatoms. The second-order valence-corrected chi connectivity index (χ2v) is 4.58. The van der Waals surface area contributed by atoms with E-state index in [9.17, 15) is 18.9 Å². The van der Waals surface area contributed by atoms with Gasteiger partial charge in [-0.1, -0.05) is 19.1 Å². The summed E-state index contributed by atoms with van der Waals surface area (Å²) >= 11 is 0. The second kappa shape index (κ2) is 6.30. The molecular formula is C15H14F2N2O2. The van der Waals surface area contributed by atoms with Crippen LogP contribution >= 0.6 is 0 Å².